The van der Waals surface area contributed by atoms with E-state index in [2.05, 4.69) is 10.6 Å². The third-order valence-corrected chi connectivity index (χ3v) is 2.81. The maximum atomic E-state index is 12.9. The molecule has 1 aliphatic heterocycles. The van der Waals surface area contributed by atoms with Crippen molar-refractivity contribution in [2.45, 2.75) is 25.3 Å². The molecule has 0 radical (unpaired) electrons. The topological polar surface area (TPSA) is 41.1 Å². The van der Waals surface area contributed by atoms with Crippen LogP contribution in [0.1, 0.15) is 19.3 Å². The molecular formula is C12H14F2N2O. The van der Waals surface area contributed by atoms with Crippen molar-refractivity contribution in [2.24, 2.45) is 0 Å². The molecule has 3 nitrogen and oxygen atoms in total. The first-order valence-corrected chi connectivity index (χ1v) is 5.66. The molecule has 0 spiro atoms. The molecule has 1 amide bonds. The zero-order chi connectivity index (χ0) is 12.3. The highest BCUT2D eigenvalue weighted by atomic mass is 19.2. The Hall–Kier alpha value is -1.49. The highest BCUT2D eigenvalue weighted by molar-refractivity contribution is 5.94. The predicted octanol–water partition coefficient (Wildman–Crippen LogP) is 2.05. The van der Waals surface area contributed by atoms with Gasteiger partial charge in [-0.1, -0.05) is 6.42 Å². The van der Waals surface area contributed by atoms with Crippen LogP contribution in [0.4, 0.5) is 14.5 Å². The summed E-state index contributed by atoms with van der Waals surface area (Å²) < 4.78 is 25.6. The van der Waals surface area contributed by atoms with Crippen LogP contribution in [0.25, 0.3) is 0 Å². The zero-order valence-electron chi connectivity index (χ0n) is 9.30. The lowest BCUT2D eigenvalue weighted by Crippen LogP contribution is -2.43. The number of benzene rings is 1. The first kappa shape index (κ1) is 12.0. The van der Waals surface area contributed by atoms with E-state index in [4.69, 9.17) is 0 Å². The van der Waals surface area contributed by atoms with Crippen molar-refractivity contribution in [3.63, 3.8) is 0 Å². The van der Waals surface area contributed by atoms with Crippen LogP contribution in [0.5, 0.6) is 0 Å². The number of nitrogens with one attached hydrogen (secondary N) is 2. The van der Waals surface area contributed by atoms with E-state index in [1.54, 1.807) is 0 Å². The molecule has 1 aromatic rings. The Morgan fingerprint density at radius 3 is 2.76 bits per heavy atom. The quantitative estimate of drug-likeness (QED) is 0.830. The van der Waals surface area contributed by atoms with Gasteiger partial charge in [0.1, 0.15) is 0 Å². The molecule has 0 saturated carbocycles. The van der Waals surface area contributed by atoms with Gasteiger partial charge in [0.2, 0.25) is 5.91 Å². The maximum Gasteiger partial charge on any atom is 0.241 e. The summed E-state index contributed by atoms with van der Waals surface area (Å²) >= 11 is 0. The number of halogens is 2. The highest BCUT2D eigenvalue weighted by Crippen LogP contribution is 2.15. The summed E-state index contributed by atoms with van der Waals surface area (Å²) in [5.41, 5.74) is 0.279. The zero-order valence-corrected chi connectivity index (χ0v) is 9.30. The molecule has 0 bridgehead atoms. The van der Waals surface area contributed by atoms with Gasteiger partial charge in [0, 0.05) is 11.8 Å². The number of hydrogen-bond acceptors (Lipinski definition) is 2. The van der Waals surface area contributed by atoms with Gasteiger partial charge in [0.25, 0.3) is 0 Å². The summed E-state index contributed by atoms with van der Waals surface area (Å²) in [6.45, 7) is 0.815. The summed E-state index contributed by atoms with van der Waals surface area (Å²) in [5, 5.41) is 5.66. The average molecular weight is 240 g/mol. The van der Waals surface area contributed by atoms with E-state index < -0.39 is 11.6 Å². The van der Waals surface area contributed by atoms with E-state index in [0.29, 0.717) is 0 Å². The largest absolute Gasteiger partial charge is 0.325 e. The van der Waals surface area contributed by atoms with Crippen LogP contribution < -0.4 is 10.6 Å². The van der Waals surface area contributed by atoms with Gasteiger partial charge in [-0.15, -0.1) is 0 Å². The summed E-state index contributed by atoms with van der Waals surface area (Å²) in [5.74, 6) is -2.08. The summed E-state index contributed by atoms with van der Waals surface area (Å²) in [4.78, 5) is 11.8. The monoisotopic (exact) mass is 240 g/mol. The number of amides is 1. The summed E-state index contributed by atoms with van der Waals surface area (Å²) in [6.07, 6.45) is 2.84. The minimum atomic E-state index is -0.959. The van der Waals surface area contributed by atoms with E-state index >= 15 is 0 Å². The Kier molecular flexibility index (Phi) is 3.68. The van der Waals surface area contributed by atoms with Crippen molar-refractivity contribution in [1.29, 1.82) is 0 Å². The molecule has 1 atom stereocenters. The fourth-order valence-electron chi connectivity index (χ4n) is 1.88. The van der Waals surface area contributed by atoms with Gasteiger partial charge in [0.05, 0.1) is 6.04 Å². The van der Waals surface area contributed by atoms with Crippen molar-refractivity contribution < 1.29 is 13.6 Å². The van der Waals surface area contributed by atoms with E-state index in [-0.39, 0.29) is 17.6 Å². The molecule has 17 heavy (non-hydrogen) atoms. The van der Waals surface area contributed by atoms with Crippen LogP contribution in [0.15, 0.2) is 18.2 Å². The van der Waals surface area contributed by atoms with Gasteiger partial charge in [-0.2, -0.15) is 0 Å². The van der Waals surface area contributed by atoms with E-state index in [1.807, 2.05) is 0 Å². The first-order valence-electron chi connectivity index (χ1n) is 5.66. The average Bonchev–Trinajstić information content (AvgIpc) is 2.35. The molecule has 1 aliphatic rings. The third-order valence-electron chi connectivity index (χ3n) is 2.81. The molecule has 1 heterocycles. The van der Waals surface area contributed by atoms with Gasteiger partial charge in [-0.05, 0) is 31.5 Å². The molecule has 2 rings (SSSR count). The second-order valence-corrected chi connectivity index (χ2v) is 4.12. The maximum absolute atomic E-state index is 12.9. The standard InChI is InChI=1S/C12H14F2N2O/c13-9-5-4-8(7-10(9)14)16-12(17)11-3-1-2-6-15-11/h4-5,7,11,15H,1-3,6H2,(H,16,17). The normalized spacial score (nSPS) is 20.0. The first-order chi connectivity index (χ1) is 8.16. The molecule has 0 aliphatic carbocycles. The van der Waals surface area contributed by atoms with Crippen molar-refractivity contribution in [3.05, 3.63) is 29.8 Å². The number of piperidine rings is 1. The fraction of sp³-hybridized carbons (Fsp3) is 0.417. The van der Waals surface area contributed by atoms with Gasteiger partial charge < -0.3 is 10.6 Å². The number of rotatable bonds is 2. The molecule has 2 N–H and O–H groups in total. The second kappa shape index (κ2) is 5.23. The lowest BCUT2D eigenvalue weighted by Gasteiger charge is -2.22. The van der Waals surface area contributed by atoms with E-state index in [1.165, 1.54) is 6.07 Å². The molecule has 1 aromatic carbocycles. The van der Waals surface area contributed by atoms with Crippen LogP contribution in [0.3, 0.4) is 0 Å². The van der Waals surface area contributed by atoms with E-state index in [0.717, 1.165) is 37.9 Å². The predicted molar refractivity (Wildman–Crippen MR) is 60.6 cm³/mol. The second-order valence-electron chi connectivity index (χ2n) is 4.12. The van der Waals surface area contributed by atoms with Gasteiger partial charge in [-0.25, -0.2) is 8.78 Å². The highest BCUT2D eigenvalue weighted by Gasteiger charge is 2.20. The van der Waals surface area contributed by atoms with Gasteiger partial charge >= 0.3 is 0 Å². The van der Waals surface area contributed by atoms with Crippen molar-refractivity contribution >= 4 is 11.6 Å². The summed E-state index contributed by atoms with van der Waals surface area (Å²) in [6, 6.07) is 3.09. The fourth-order valence-corrected chi connectivity index (χ4v) is 1.88. The summed E-state index contributed by atoms with van der Waals surface area (Å²) in [7, 11) is 0. The Morgan fingerprint density at radius 2 is 2.12 bits per heavy atom. The molecule has 1 saturated heterocycles. The molecule has 1 fully saturated rings. The number of anilines is 1. The van der Waals surface area contributed by atoms with Crippen molar-refractivity contribution in [3.8, 4) is 0 Å². The van der Waals surface area contributed by atoms with E-state index in [9.17, 15) is 13.6 Å². The molecule has 1 unspecified atom stereocenters. The smallest absolute Gasteiger partial charge is 0.241 e. The number of carbonyl (C=O) groups excluding carboxylic acids is 1. The number of carbonyl (C=O) groups is 1. The lowest BCUT2D eigenvalue weighted by molar-refractivity contribution is -0.118. The van der Waals surface area contributed by atoms with Crippen LogP contribution in [-0.4, -0.2) is 18.5 Å². The van der Waals surface area contributed by atoms with Crippen LogP contribution in [0, 0.1) is 11.6 Å². The van der Waals surface area contributed by atoms with Crippen molar-refractivity contribution in [2.75, 3.05) is 11.9 Å². The minimum Gasteiger partial charge on any atom is -0.325 e. The Labute approximate surface area is 98.2 Å². The SMILES string of the molecule is O=C(Nc1ccc(F)c(F)c1)C1CCCCN1. The molecular weight excluding hydrogens is 226 g/mol. The third kappa shape index (κ3) is 3.00. The van der Waals surface area contributed by atoms with Crippen molar-refractivity contribution in [1.82, 2.24) is 5.32 Å². The minimum absolute atomic E-state index is 0.198. The molecule has 92 valence electrons. The van der Waals surface area contributed by atoms with Crippen LogP contribution in [-0.2, 0) is 4.79 Å². The molecule has 5 heteroatoms. The van der Waals surface area contributed by atoms with Crippen LogP contribution in [0.2, 0.25) is 0 Å². The molecule has 0 aromatic heterocycles. The van der Waals surface area contributed by atoms with Crippen LogP contribution >= 0.6 is 0 Å². The Morgan fingerprint density at radius 1 is 1.29 bits per heavy atom. The number of hydrogen-bond donors (Lipinski definition) is 2. The Bertz CT molecular complexity index is 417. The Balaban J connectivity index is 1.99. The van der Waals surface area contributed by atoms with Gasteiger partial charge in [-0.3, -0.25) is 4.79 Å². The van der Waals surface area contributed by atoms with Gasteiger partial charge in [0.15, 0.2) is 11.6 Å². The lowest BCUT2D eigenvalue weighted by atomic mass is 10.0.